The summed E-state index contributed by atoms with van der Waals surface area (Å²) in [5.41, 5.74) is 1.91. The zero-order valence-corrected chi connectivity index (χ0v) is 12.5. The summed E-state index contributed by atoms with van der Waals surface area (Å²) in [6, 6.07) is 8.92. The predicted molar refractivity (Wildman–Crippen MR) is 80.9 cm³/mol. The summed E-state index contributed by atoms with van der Waals surface area (Å²) in [5.74, 6) is 1.95. The average Bonchev–Trinajstić information content (AvgIpc) is 2.83. The van der Waals surface area contributed by atoms with E-state index in [1.165, 1.54) is 29.9 Å². The Hall–Kier alpha value is -0.510. The lowest BCUT2D eigenvalue weighted by Gasteiger charge is -2.39. The van der Waals surface area contributed by atoms with Gasteiger partial charge in [0, 0.05) is 29.2 Å². The number of ether oxygens (including phenoxy) is 1. The predicted octanol–water partition coefficient (Wildman–Crippen LogP) is 3.28. The molecule has 0 aromatic heterocycles. The van der Waals surface area contributed by atoms with Crippen LogP contribution >= 0.6 is 11.8 Å². The zero-order chi connectivity index (χ0) is 13.1. The van der Waals surface area contributed by atoms with E-state index in [1.807, 2.05) is 11.8 Å². The average molecular weight is 277 g/mol. The van der Waals surface area contributed by atoms with Crippen LogP contribution in [0.1, 0.15) is 30.7 Å². The van der Waals surface area contributed by atoms with Crippen molar-refractivity contribution in [3.63, 3.8) is 0 Å². The van der Waals surface area contributed by atoms with Crippen LogP contribution in [0.25, 0.3) is 0 Å². The second-order valence-corrected chi connectivity index (χ2v) is 7.00. The third-order valence-corrected chi connectivity index (χ3v) is 5.69. The number of nitrogens with one attached hydrogen (secondary N) is 1. The maximum Gasteiger partial charge on any atom is 0.0534 e. The molecule has 0 saturated carbocycles. The quantitative estimate of drug-likeness (QED) is 0.912. The Balaban J connectivity index is 1.76. The maximum atomic E-state index is 5.79. The first-order valence-corrected chi connectivity index (χ1v) is 8.26. The van der Waals surface area contributed by atoms with Crippen LogP contribution in [0.4, 0.5) is 0 Å². The largest absolute Gasteiger partial charge is 0.381 e. The van der Waals surface area contributed by atoms with Crippen molar-refractivity contribution in [2.45, 2.75) is 30.1 Å². The van der Waals surface area contributed by atoms with E-state index >= 15 is 0 Å². The fourth-order valence-corrected chi connectivity index (χ4v) is 4.83. The van der Waals surface area contributed by atoms with Crippen molar-refractivity contribution >= 4 is 11.8 Å². The number of thioether (sulfide) groups is 1. The van der Waals surface area contributed by atoms with Gasteiger partial charge >= 0.3 is 0 Å². The van der Waals surface area contributed by atoms with Crippen LogP contribution in [-0.2, 0) is 4.74 Å². The van der Waals surface area contributed by atoms with Gasteiger partial charge in [-0.2, -0.15) is 0 Å². The summed E-state index contributed by atoms with van der Waals surface area (Å²) < 4.78 is 5.79. The minimum atomic E-state index is 0.343. The van der Waals surface area contributed by atoms with Crippen molar-refractivity contribution in [2.24, 2.45) is 5.41 Å². The smallest absolute Gasteiger partial charge is 0.0534 e. The molecule has 3 heteroatoms. The van der Waals surface area contributed by atoms with Crippen molar-refractivity contribution in [1.29, 1.82) is 0 Å². The maximum absolute atomic E-state index is 5.79. The molecule has 1 fully saturated rings. The van der Waals surface area contributed by atoms with E-state index in [-0.39, 0.29) is 0 Å². The van der Waals surface area contributed by atoms with E-state index in [4.69, 9.17) is 4.74 Å². The lowest BCUT2D eigenvalue weighted by molar-refractivity contribution is -0.0138. The Morgan fingerprint density at radius 3 is 3.11 bits per heavy atom. The van der Waals surface area contributed by atoms with Crippen LogP contribution < -0.4 is 5.32 Å². The standard InChI is InChI=1S/C16H23NOS/c1-17-11-16(7-4-8-18-12-16)9-13-10-19-15-6-3-2-5-14(13)15/h2-3,5-6,13,17H,4,7-12H2,1H3. The van der Waals surface area contributed by atoms with Crippen molar-refractivity contribution in [2.75, 3.05) is 32.6 Å². The fourth-order valence-electron chi connectivity index (χ4n) is 3.58. The van der Waals surface area contributed by atoms with Crippen LogP contribution in [0.5, 0.6) is 0 Å². The van der Waals surface area contributed by atoms with Crippen molar-refractivity contribution in [1.82, 2.24) is 5.32 Å². The molecule has 2 unspecified atom stereocenters. The van der Waals surface area contributed by atoms with Crippen LogP contribution in [0, 0.1) is 5.41 Å². The Morgan fingerprint density at radius 2 is 2.32 bits per heavy atom. The molecule has 1 aromatic carbocycles. The number of rotatable bonds is 4. The van der Waals surface area contributed by atoms with Gasteiger partial charge in [0.1, 0.15) is 0 Å². The van der Waals surface area contributed by atoms with Gasteiger partial charge in [-0.1, -0.05) is 18.2 Å². The molecule has 1 saturated heterocycles. The van der Waals surface area contributed by atoms with E-state index in [2.05, 4.69) is 36.6 Å². The van der Waals surface area contributed by atoms with E-state index in [9.17, 15) is 0 Å². The SMILES string of the molecule is CNCC1(CC2CSc3ccccc32)CCCOC1. The van der Waals surface area contributed by atoms with Gasteiger partial charge in [0.2, 0.25) is 0 Å². The summed E-state index contributed by atoms with van der Waals surface area (Å²) in [6.07, 6.45) is 3.78. The number of benzene rings is 1. The molecule has 19 heavy (non-hydrogen) atoms. The van der Waals surface area contributed by atoms with Gasteiger partial charge in [-0.3, -0.25) is 0 Å². The Bertz CT molecular complexity index is 423. The summed E-state index contributed by atoms with van der Waals surface area (Å²) in [7, 11) is 2.06. The van der Waals surface area contributed by atoms with Gasteiger partial charge in [-0.15, -0.1) is 11.8 Å². The van der Waals surface area contributed by atoms with Gasteiger partial charge < -0.3 is 10.1 Å². The van der Waals surface area contributed by atoms with Crippen LogP contribution in [0.2, 0.25) is 0 Å². The highest BCUT2D eigenvalue weighted by atomic mass is 32.2. The zero-order valence-electron chi connectivity index (χ0n) is 11.7. The van der Waals surface area contributed by atoms with Crippen molar-refractivity contribution < 1.29 is 4.74 Å². The molecule has 0 radical (unpaired) electrons. The monoisotopic (exact) mass is 277 g/mol. The molecule has 2 nitrogen and oxygen atoms in total. The third-order valence-electron chi connectivity index (χ3n) is 4.43. The topological polar surface area (TPSA) is 21.3 Å². The fraction of sp³-hybridized carbons (Fsp3) is 0.625. The Morgan fingerprint density at radius 1 is 1.42 bits per heavy atom. The highest BCUT2D eigenvalue weighted by molar-refractivity contribution is 7.99. The van der Waals surface area contributed by atoms with Gasteiger partial charge in [-0.25, -0.2) is 0 Å². The number of hydrogen-bond acceptors (Lipinski definition) is 3. The van der Waals surface area contributed by atoms with Gasteiger partial charge in [0.15, 0.2) is 0 Å². The van der Waals surface area contributed by atoms with E-state index in [1.54, 1.807) is 5.56 Å². The molecule has 104 valence electrons. The second-order valence-electron chi connectivity index (χ2n) is 5.94. The first-order valence-electron chi connectivity index (χ1n) is 7.27. The Labute approximate surface area is 120 Å². The second kappa shape index (κ2) is 5.86. The third kappa shape index (κ3) is 2.83. The molecule has 2 aliphatic heterocycles. The molecular weight excluding hydrogens is 254 g/mol. The van der Waals surface area contributed by atoms with Crippen LogP contribution in [0.15, 0.2) is 29.2 Å². The van der Waals surface area contributed by atoms with Crippen molar-refractivity contribution in [3.8, 4) is 0 Å². The summed E-state index contributed by atoms with van der Waals surface area (Å²) in [4.78, 5) is 1.49. The summed E-state index contributed by atoms with van der Waals surface area (Å²) >= 11 is 2.02. The lowest BCUT2D eigenvalue weighted by atomic mass is 9.74. The molecule has 3 rings (SSSR count). The molecule has 0 spiro atoms. The summed E-state index contributed by atoms with van der Waals surface area (Å²) in [6.45, 7) is 2.95. The van der Waals surface area contributed by atoms with Crippen LogP contribution in [0.3, 0.4) is 0 Å². The Kier molecular flexibility index (Phi) is 4.15. The lowest BCUT2D eigenvalue weighted by Crippen LogP contribution is -2.41. The minimum Gasteiger partial charge on any atom is -0.381 e. The number of hydrogen-bond donors (Lipinski definition) is 1. The molecule has 2 aliphatic rings. The molecule has 1 aromatic rings. The molecular formula is C16H23NOS. The van der Waals surface area contributed by atoms with Crippen molar-refractivity contribution in [3.05, 3.63) is 29.8 Å². The normalized spacial score (nSPS) is 30.3. The van der Waals surface area contributed by atoms with E-state index in [0.717, 1.165) is 19.8 Å². The van der Waals surface area contributed by atoms with Crippen LogP contribution in [-0.4, -0.2) is 32.6 Å². The van der Waals surface area contributed by atoms with E-state index in [0.29, 0.717) is 11.3 Å². The highest BCUT2D eigenvalue weighted by Crippen LogP contribution is 2.46. The number of fused-ring (bicyclic) bond motifs is 1. The molecule has 2 atom stereocenters. The molecule has 0 bridgehead atoms. The molecule has 0 amide bonds. The van der Waals surface area contributed by atoms with Gasteiger partial charge in [0.25, 0.3) is 0 Å². The highest BCUT2D eigenvalue weighted by Gasteiger charge is 2.37. The molecule has 1 N–H and O–H groups in total. The molecule has 2 heterocycles. The van der Waals surface area contributed by atoms with Gasteiger partial charge in [0.05, 0.1) is 6.61 Å². The summed E-state index contributed by atoms with van der Waals surface area (Å²) in [5, 5.41) is 3.39. The minimum absolute atomic E-state index is 0.343. The molecule has 0 aliphatic carbocycles. The van der Waals surface area contributed by atoms with Gasteiger partial charge in [-0.05, 0) is 43.9 Å². The first-order chi connectivity index (χ1) is 9.33. The van der Waals surface area contributed by atoms with E-state index < -0.39 is 0 Å². The first kappa shape index (κ1) is 13.5.